The van der Waals surface area contributed by atoms with Crippen molar-refractivity contribution in [1.82, 2.24) is 14.3 Å². The van der Waals surface area contributed by atoms with Crippen LogP contribution in [0.1, 0.15) is 42.9 Å². The van der Waals surface area contributed by atoms with Crippen LogP contribution in [-0.2, 0) is 11.3 Å². The number of rotatable bonds is 4. The van der Waals surface area contributed by atoms with Crippen molar-refractivity contribution in [1.29, 1.82) is 0 Å². The Kier molecular flexibility index (Phi) is 6.70. The molecule has 2 fully saturated rings. The second-order valence-corrected chi connectivity index (χ2v) is 11.1. The van der Waals surface area contributed by atoms with Gasteiger partial charge in [0.25, 0.3) is 11.5 Å². The molecule has 1 unspecified atom stereocenters. The lowest BCUT2D eigenvalue weighted by atomic mass is 10.0. The van der Waals surface area contributed by atoms with Crippen LogP contribution < -0.4 is 10.5 Å². The molecule has 1 atom stereocenters. The van der Waals surface area contributed by atoms with Crippen molar-refractivity contribution in [2.24, 2.45) is 0 Å². The Hall–Kier alpha value is -2.68. The SMILES string of the molecule is Cc1ccc2nc(N3CCCCC3C)c(/C=C3/SC(=S)N(Cc4ccccc4Cl)C3=O)c(=O)n2c1. The van der Waals surface area contributed by atoms with E-state index in [1.807, 2.05) is 37.3 Å². The minimum absolute atomic E-state index is 0.192. The fraction of sp³-hybridized carbons (Fsp3) is 0.308. The van der Waals surface area contributed by atoms with Gasteiger partial charge in [-0.1, -0.05) is 59.8 Å². The number of carbonyl (C=O) groups is 1. The van der Waals surface area contributed by atoms with Crippen LogP contribution in [0.25, 0.3) is 11.7 Å². The van der Waals surface area contributed by atoms with Crippen molar-refractivity contribution in [2.75, 3.05) is 11.4 Å². The van der Waals surface area contributed by atoms with Crippen molar-refractivity contribution < 1.29 is 4.79 Å². The number of anilines is 1. The number of amides is 1. The summed E-state index contributed by atoms with van der Waals surface area (Å²) < 4.78 is 2.00. The number of piperidine rings is 1. The molecule has 4 heterocycles. The summed E-state index contributed by atoms with van der Waals surface area (Å²) in [4.78, 5) is 36.1. The number of aromatic nitrogens is 2. The van der Waals surface area contributed by atoms with E-state index in [1.54, 1.807) is 22.7 Å². The number of hydrogen-bond acceptors (Lipinski definition) is 6. The van der Waals surface area contributed by atoms with Crippen molar-refractivity contribution in [3.63, 3.8) is 0 Å². The van der Waals surface area contributed by atoms with E-state index in [2.05, 4.69) is 11.8 Å². The lowest BCUT2D eigenvalue weighted by Crippen LogP contribution is -2.40. The zero-order valence-corrected chi connectivity index (χ0v) is 21.9. The van der Waals surface area contributed by atoms with Crippen molar-refractivity contribution in [2.45, 2.75) is 45.7 Å². The Labute approximate surface area is 218 Å². The number of pyridine rings is 1. The fourth-order valence-corrected chi connectivity index (χ4v) is 6.00. The van der Waals surface area contributed by atoms with Crippen LogP contribution in [0.5, 0.6) is 0 Å². The predicted octanol–water partition coefficient (Wildman–Crippen LogP) is 5.44. The van der Waals surface area contributed by atoms with Gasteiger partial charge in [-0.3, -0.25) is 18.9 Å². The van der Waals surface area contributed by atoms with Crippen molar-refractivity contribution in [3.8, 4) is 0 Å². The smallest absolute Gasteiger partial charge is 0.267 e. The average molecular weight is 525 g/mol. The first-order valence-electron chi connectivity index (χ1n) is 11.6. The van der Waals surface area contributed by atoms with E-state index in [0.29, 0.717) is 31.3 Å². The second kappa shape index (κ2) is 9.76. The standard InChI is InChI=1S/C26H25ClN4O2S2/c1-16-10-11-22-28-23(29-12-6-5-7-17(29)2)19(24(32)30(22)14-16)13-21-25(33)31(26(34)35-21)15-18-8-3-4-9-20(18)27/h3-4,8-11,13-14,17H,5-7,12,15H2,1-2H3/b21-13+. The summed E-state index contributed by atoms with van der Waals surface area (Å²) in [5.41, 5.74) is 2.59. The molecule has 2 aliphatic rings. The van der Waals surface area contributed by atoms with Gasteiger partial charge in [0.15, 0.2) is 0 Å². The van der Waals surface area contributed by atoms with E-state index < -0.39 is 0 Å². The molecular weight excluding hydrogens is 500 g/mol. The number of carbonyl (C=O) groups excluding carboxylic acids is 1. The highest BCUT2D eigenvalue weighted by atomic mass is 35.5. The van der Waals surface area contributed by atoms with Gasteiger partial charge in [-0.25, -0.2) is 4.98 Å². The number of thiocarbonyl (C=S) groups is 1. The molecule has 0 radical (unpaired) electrons. The molecule has 0 aliphatic carbocycles. The first-order valence-corrected chi connectivity index (χ1v) is 13.2. The molecular formula is C26H25ClN4O2S2. The van der Waals surface area contributed by atoms with Gasteiger partial charge in [-0.05, 0) is 62.4 Å². The molecule has 6 nitrogen and oxygen atoms in total. The first-order chi connectivity index (χ1) is 16.8. The molecule has 3 aromatic rings. The Morgan fingerprint density at radius 3 is 2.77 bits per heavy atom. The number of hydrogen-bond donors (Lipinski definition) is 0. The Balaban J connectivity index is 1.60. The number of fused-ring (bicyclic) bond motifs is 1. The lowest BCUT2D eigenvalue weighted by Gasteiger charge is -2.35. The zero-order chi connectivity index (χ0) is 24.7. The molecule has 2 saturated heterocycles. The van der Waals surface area contributed by atoms with Crippen LogP contribution in [0.3, 0.4) is 0 Å². The van der Waals surface area contributed by atoms with Crippen LogP contribution in [0.2, 0.25) is 5.02 Å². The van der Waals surface area contributed by atoms with Crippen LogP contribution >= 0.6 is 35.6 Å². The molecule has 1 aromatic carbocycles. The van der Waals surface area contributed by atoms with Crippen LogP contribution in [0.15, 0.2) is 52.3 Å². The molecule has 0 saturated carbocycles. The van der Waals surface area contributed by atoms with Gasteiger partial charge in [0.2, 0.25) is 0 Å². The summed E-state index contributed by atoms with van der Waals surface area (Å²) >= 11 is 13.1. The van der Waals surface area contributed by atoms with Gasteiger partial charge >= 0.3 is 0 Å². The van der Waals surface area contributed by atoms with E-state index in [-0.39, 0.29) is 24.1 Å². The number of benzene rings is 1. The maximum Gasteiger partial charge on any atom is 0.267 e. The maximum atomic E-state index is 13.7. The van der Waals surface area contributed by atoms with Crippen molar-refractivity contribution >= 4 is 63.3 Å². The van der Waals surface area contributed by atoms with Crippen LogP contribution in [-0.4, -0.2) is 37.1 Å². The molecule has 0 N–H and O–H groups in total. The van der Waals surface area contributed by atoms with Crippen LogP contribution in [0, 0.1) is 6.92 Å². The van der Waals surface area contributed by atoms with Gasteiger partial charge in [0.05, 0.1) is 17.0 Å². The summed E-state index contributed by atoms with van der Waals surface area (Å²) in [7, 11) is 0. The second-order valence-electron chi connectivity index (χ2n) is 8.99. The molecule has 180 valence electrons. The molecule has 35 heavy (non-hydrogen) atoms. The fourth-order valence-electron chi connectivity index (χ4n) is 4.57. The molecule has 1 amide bonds. The van der Waals surface area contributed by atoms with Gasteiger partial charge in [0, 0.05) is 23.8 Å². The highest BCUT2D eigenvalue weighted by molar-refractivity contribution is 8.26. The third kappa shape index (κ3) is 4.62. The molecule has 2 aromatic heterocycles. The Morgan fingerprint density at radius 2 is 2.00 bits per heavy atom. The lowest BCUT2D eigenvalue weighted by molar-refractivity contribution is -0.122. The average Bonchev–Trinajstić information content (AvgIpc) is 3.10. The molecule has 9 heteroatoms. The van der Waals surface area contributed by atoms with Crippen molar-refractivity contribution in [3.05, 3.63) is 79.6 Å². The largest absolute Gasteiger partial charge is 0.353 e. The van der Waals surface area contributed by atoms with E-state index in [0.717, 1.165) is 36.9 Å². The van der Waals surface area contributed by atoms with Gasteiger partial charge in [-0.15, -0.1) is 0 Å². The summed E-state index contributed by atoms with van der Waals surface area (Å²) in [5, 5.41) is 0.583. The minimum atomic E-state index is -0.230. The van der Waals surface area contributed by atoms with E-state index in [4.69, 9.17) is 28.8 Å². The van der Waals surface area contributed by atoms with E-state index in [9.17, 15) is 9.59 Å². The number of halogens is 1. The predicted molar refractivity (Wildman–Crippen MR) is 147 cm³/mol. The van der Waals surface area contributed by atoms with Gasteiger partial charge in [0.1, 0.15) is 15.8 Å². The normalized spacial score (nSPS) is 19.9. The third-order valence-electron chi connectivity index (χ3n) is 6.50. The number of nitrogens with zero attached hydrogens (tertiary/aromatic N) is 4. The highest BCUT2D eigenvalue weighted by Gasteiger charge is 2.34. The summed E-state index contributed by atoms with van der Waals surface area (Å²) in [6.45, 7) is 5.20. The summed E-state index contributed by atoms with van der Waals surface area (Å²) in [6, 6.07) is 11.5. The van der Waals surface area contributed by atoms with E-state index in [1.165, 1.54) is 16.7 Å². The molecule has 0 bridgehead atoms. The molecule has 5 rings (SSSR count). The molecule has 0 spiro atoms. The number of aryl methyl sites for hydroxylation is 1. The monoisotopic (exact) mass is 524 g/mol. The maximum absolute atomic E-state index is 13.7. The molecule has 2 aliphatic heterocycles. The highest BCUT2D eigenvalue weighted by Crippen LogP contribution is 2.36. The van der Waals surface area contributed by atoms with E-state index >= 15 is 0 Å². The Morgan fingerprint density at radius 1 is 1.20 bits per heavy atom. The number of thioether (sulfide) groups is 1. The third-order valence-corrected chi connectivity index (χ3v) is 8.24. The quantitative estimate of drug-likeness (QED) is 0.335. The van der Waals surface area contributed by atoms with Gasteiger partial charge < -0.3 is 4.90 Å². The van der Waals surface area contributed by atoms with Crippen LogP contribution in [0.4, 0.5) is 5.82 Å². The summed E-state index contributed by atoms with van der Waals surface area (Å²) in [6.07, 6.45) is 6.69. The summed E-state index contributed by atoms with van der Waals surface area (Å²) in [5.74, 6) is 0.397. The Bertz CT molecular complexity index is 1430. The zero-order valence-electron chi connectivity index (χ0n) is 19.5. The minimum Gasteiger partial charge on any atom is -0.353 e. The first kappa shape index (κ1) is 24.0. The van der Waals surface area contributed by atoms with Gasteiger partial charge in [-0.2, -0.15) is 0 Å². The topological polar surface area (TPSA) is 57.9 Å².